The van der Waals surface area contributed by atoms with Gasteiger partial charge >= 0.3 is 0 Å². The summed E-state index contributed by atoms with van der Waals surface area (Å²) in [6, 6.07) is 4.72. The molecule has 1 aliphatic rings. The molecular formula is C15H23N5. The summed E-state index contributed by atoms with van der Waals surface area (Å²) in [5, 5.41) is 12.9. The minimum Gasteiger partial charge on any atom is -0.352 e. The Labute approximate surface area is 120 Å². The maximum absolute atomic E-state index is 4.73. The van der Waals surface area contributed by atoms with Crippen LogP contribution < -0.4 is 4.90 Å². The van der Waals surface area contributed by atoms with Crippen molar-refractivity contribution in [2.45, 2.75) is 52.5 Å². The van der Waals surface area contributed by atoms with Gasteiger partial charge in [-0.25, -0.2) is 0 Å². The first kappa shape index (κ1) is 13.3. The second-order valence-corrected chi connectivity index (χ2v) is 5.88. The van der Waals surface area contributed by atoms with Crippen LogP contribution in [0.15, 0.2) is 12.1 Å². The molecule has 2 unspecified atom stereocenters. The number of nitrogens with zero attached hydrogens (tertiary/aromatic N) is 5. The molecule has 1 saturated heterocycles. The molecule has 0 amide bonds. The van der Waals surface area contributed by atoms with Crippen LogP contribution in [0.4, 0.5) is 5.82 Å². The first-order valence-corrected chi connectivity index (χ1v) is 7.66. The van der Waals surface area contributed by atoms with Crippen molar-refractivity contribution in [2.24, 2.45) is 5.92 Å². The van der Waals surface area contributed by atoms with E-state index in [0.29, 0.717) is 6.04 Å². The summed E-state index contributed by atoms with van der Waals surface area (Å²) >= 11 is 0. The van der Waals surface area contributed by atoms with Gasteiger partial charge in [0.15, 0.2) is 11.5 Å². The van der Waals surface area contributed by atoms with Crippen molar-refractivity contribution in [3.63, 3.8) is 0 Å². The first-order valence-electron chi connectivity index (χ1n) is 7.66. The molecule has 5 nitrogen and oxygen atoms in total. The van der Waals surface area contributed by atoms with Gasteiger partial charge in [0.25, 0.3) is 0 Å². The van der Waals surface area contributed by atoms with Crippen LogP contribution in [0.2, 0.25) is 0 Å². The van der Waals surface area contributed by atoms with E-state index in [1.165, 1.54) is 25.7 Å². The van der Waals surface area contributed by atoms with E-state index in [4.69, 9.17) is 5.10 Å². The summed E-state index contributed by atoms with van der Waals surface area (Å²) in [5.41, 5.74) is 0.823. The Hall–Kier alpha value is -1.65. The fraction of sp³-hybridized carbons (Fsp3) is 0.667. The molecule has 0 aliphatic carbocycles. The molecule has 5 heteroatoms. The molecule has 0 bridgehead atoms. The van der Waals surface area contributed by atoms with Crippen LogP contribution in [-0.4, -0.2) is 32.4 Å². The van der Waals surface area contributed by atoms with Crippen molar-refractivity contribution in [3.05, 3.63) is 18.0 Å². The largest absolute Gasteiger partial charge is 0.352 e. The first-order chi connectivity index (χ1) is 9.70. The van der Waals surface area contributed by atoms with Crippen molar-refractivity contribution in [1.29, 1.82) is 0 Å². The van der Waals surface area contributed by atoms with Gasteiger partial charge in [-0.2, -0.15) is 4.52 Å². The molecular weight excluding hydrogens is 250 g/mol. The third-order valence-electron chi connectivity index (χ3n) is 4.40. The smallest absolute Gasteiger partial charge is 0.178 e. The highest BCUT2D eigenvalue weighted by Gasteiger charge is 2.30. The molecule has 0 radical (unpaired) electrons. The van der Waals surface area contributed by atoms with Crippen molar-refractivity contribution >= 4 is 11.5 Å². The lowest BCUT2D eigenvalue weighted by atomic mass is 9.95. The fourth-order valence-corrected chi connectivity index (χ4v) is 3.36. The van der Waals surface area contributed by atoms with Crippen LogP contribution in [0.3, 0.4) is 0 Å². The molecule has 1 aliphatic heterocycles. The Morgan fingerprint density at radius 2 is 2.20 bits per heavy atom. The predicted octanol–water partition coefficient (Wildman–Crippen LogP) is 2.84. The Balaban J connectivity index is 1.90. The van der Waals surface area contributed by atoms with Crippen molar-refractivity contribution in [2.75, 3.05) is 11.4 Å². The van der Waals surface area contributed by atoms with E-state index in [2.05, 4.69) is 35.0 Å². The highest BCUT2D eigenvalue weighted by molar-refractivity contribution is 5.47. The molecule has 2 aromatic heterocycles. The van der Waals surface area contributed by atoms with Crippen LogP contribution in [0, 0.1) is 12.8 Å². The number of aryl methyl sites for hydroxylation is 1. The van der Waals surface area contributed by atoms with Crippen LogP contribution in [0.1, 0.15) is 45.4 Å². The molecule has 0 spiro atoms. The van der Waals surface area contributed by atoms with E-state index >= 15 is 0 Å². The maximum atomic E-state index is 4.73. The van der Waals surface area contributed by atoms with Gasteiger partial charge in [0.2, 0.25) is 0 Å². The summed E-state index contributed by atoms with van der Waals surface area (Å²) in [6.45, 7) is 7.69. The van der Waals surface area contributed by atoms with Gasteiger partial charge in [0, 0.05) is 12.6 Å². The fourth-order valence-electron chi connectivity index (χ4n) is 3.36. The normalized spacial score (nSPS) is 20.8. The number of rotatable bonds is 4. The average Bonchev–Trinajstić information content (AvgIpc) is 3.06. The lowest BCUT2D eigenvalue weighted by molar-refractivity contribution is 0.419. The summed E-state index contributed by atoms with van der Waals surface area (Å²) < 4.78 is 1.84. The van der Waals surface area contributed by atoms with Crippen LogP contribution in [0.5, 0.6) is 0 Å². The van der Waals surface area contributed by atoms with Crippen molar-refractivity contribution in [1.82, 2.24) is 19.8 Å². The standard InChI is InChI=1S/C15H23N5/c1-4-6-11(2)13-7-5-10-19(13)15-9-8-14-17-16-12(3)20(14)18-15/h8-9,11,13H,4-7,10H2,1-3H3. The molecule has 3 rings (SSSR count). The molecule has 0 N–H and O–H groups in total. The lowest BCUT2D eigenvalue weighted by Gasteiger charge is -2.30. The van der Waals surface area contributed by atoms with E-state index < -0.39 is 0 Å². The van der Waals surface area contributed by atoms with Gasteiger partial charge in [-0.05, 0) is 44.2 Å². The van der Waals surface area contributed by atoms with Crippen LogP contribution in [-0.2, 0) is 0 Å². The summed E-state index contributed by atoms with van der Waals surface area (Å²) in [7, 11) is 0. The van der Waals surface area contributed by atoms with Gasteiger partial charge < -0.3 is 4.90 Å². The molecule has 3 heterocycles. The molecule has 2 aromatic rings. The van der Waals surface area contributed by atoms with Gasteiger partial charge in [-0.15, -0.1) is 15.3 Å². The second kappa shape index (κ2) is 5.38. The maximum Gasteiger partial charge on any atom is 0.178 e. The average molecular weight is 273 g/mol. The number of hydrogen-bond acceptors (Lipinski definition) is 4. The zero-order chi connectivity index (χ0) is 14.1. The van der Waals surface area contributed by atoms with E-state index in [1.807, 2.05) is 17.5 Å². The predicted molar refractivity (Wildman–Crippen MR) is 80.0 cm³/mol. The monoisotopic (exact) mass is 273 g/mol. The van der Waals surface area contributed by atoms with Gasteiger partial charge in [0.05, 0.1) is 0 Å². The highest BCUT2D eigenvalue weighted by Crippen LogP contribution is 2.30. The molecule has 2 atom stereocenters. The molecule has 20 heavy (non-hydrogen) atoms. The zero-order valence-corrected chi connectivity index (χ0v) is 12.6. The molecule has 0 saturated carbocycles. The number of anilines is 1. The summed E-state index contributed by atoms with van der Waals surface area (Å²) in [6.07, 6.45) is 5.08. The highest BCUT2D eigenvalue weighted by atomic mass is 15.4. The third kappa shape index (κ3) is 2.25. The van der Waals surface area contributed by atoms with Gasteiger partial charge in [0.1, 0.15) is 5.82 Å². The Morgan fingerprint density at radius 3 is 3.00 bits per heavy atom. The number of fused-ring (bicyclic) bond motifs is 1. The van der Waals surface area contributed by atoms with E-state index in [-0.39, 0.29) is 0 Å². The quantitative estimate of drug-likeness (QED) is 0.859. The van der Waals surface area contributed by atoms with Crippen molar-refractivity contribution in [3.8, 4) is 0 Å². The van der Waals surface area contributed by atoms with Crippen molar-refractivity contribution < 1.29 is 0 Å². The number of aromatic nitrogens is 4. The van der Waals surface area contributed by atoms with Gasteiger partial charge in [-0.1, -0.05) is 20.3 Å². The zero-order valence-electron chi connectivity index (χ0n) is 12.6. The Kier molecular flexibility index (Phi) is 3.59. The topological polar surface area (TPSA) is 46.3 Å². The minimum atomic E-state index is 0.622. The van der Waals surface area contributed by atoms with E-state index in [1.54, 1.807) is 0 Å². The van der Waals surface area contributed by atoms with E-state index in [0.717, 1.165) is 29.8 Å². The SMILES string of the molecule is CCCC(C)C1CCCN1c1ccc2nnc(C)n2n1. The summed E-state index contributed by atoms with van der Waals surface area (Å²) in [5.74, 6) is 2.63. The van der Waals surface area contributed by atoms with Crippen LogP contribution in [0.25, 0.3) is 5.65 Å². The second-order valence-electron chi connectivity index (χ2n) is 5.88. The van der Waals surface area contributed by atoms with Gasteiger partial charge in [-0.3, -0.25) is 0 Å². The summed E-state index contributed by atoms with van der Waals surface area (Å²) in [4.78, 5) is 2.47. The van der Waals surface area contributed by atoms with E-state index in [9.17, 15) is 0 Å². The lowest BCUT2D eigenvalue weighted by Crippen LogP contribution is -2.35. The van der Waals surface area contributed by atoms with Crippen LogP contribution >= 0.6 is 0 Å². The molecule has 0 aromatic carbocycles. The number of hydrogen-bond donors (Lipinski definition) is 0. The third-order valence-corrected chi connectivity index (χ3v) is 4.40. The Morgan fingerprint density at radius 1 is 1.35 bits per heavy atom. The molecule has 1 fully saturated rings. The molecule has 108 valence electrons. The minimum absolute atomic E-state index is 0.622. The Bertz CT molecular complexity index is 591.